The van der Waals surface area contributed by atoms with Crippen LogP contribution in [0.2, 0.25) is 0 Å². The summed E-state index contributed by atoms with van der Waals surface area (Å²) in [5.74, 6) is -0.943. The maximum Gasteiger partial charge on any atom is 0.408 e. The van der Waals surface area contributed by atoms with Gasteiger partial charge in [-0.1, -0.05) is 60.7 Å². The van der Waals surface area contributed by atoms with E-state index < -0.39 is 23.9 Å². The van der Waals surface area contributed by atoms with E-state index in [1.807, 2.05) is 60.7 Å². The zero-order chi connectivity index (χ0) is 22.9. The quantitative estimate of drug-likeness (QED) is 0.506. The van der Waals surface area contributed by atoms with E-state index in [0.717, 1.165) is 11.1 Å². The molecule has 0 aliphatic rings. The average Bonchev–Trinajstić information content (AvgIpc) is 2.78. The molecule has 3 amide bonds. The Labute approximate surface area is 186 Å². The molecule has 3 aromatic carbocycles. The molecule has 0 saturated carbocycles. The Balaban J connectivity index is 1.70. The summed E-state index contributed by atoms with van der Waals surface area (Å²) in [5, 5.41) is 5.44. The fraction of sp³-hybridized carbons (Fsp3) is 0.160. The van der Waals surface area contributed by atoms with Crippen LogP contribution in [0.15, 0.2) is 78.9 Å². The van der Waals surface area contributed by atoms with Crippen molar-refractivity contribution in [3.05, 3.63) is 101 Å². The van der Waals surface area contributed by atoms with Gasteiger partial charge in [-0.15, -0.1) is 0 Å². The predicted octanol–water partition coefficient (Wildman–Crippen LogP) is 3.57. The molecule has 0 aromatic heterocycles. The third-order valence-electron chi connectivity index (χ3n) is 4.86. The van der Waals surface area contributed by atoms with Crippen LogP contribution < -0.4 is 16.4 Å². The summed E-state index contributed by atoms with van der Waals surface area (Å²) in [6.07, 6.45) is -0.406. The van der Waals surface area contributed by atoms with Gasteiger partial charge in [0.25, 0.3) is 0 Å². The van der Waals surface area contributed by atoms with Gasteiger partial charge >= 0.3 is 6.09 Å². The van der Waals surface area contributed by atoms with E-state index >= 15 is 0 Å². The molecule has 4 N–H and O–H groups in total. The maximum absolute atomic E-state index is 13.0. The molecule has 3 rings (SSSR count). The Bertz CT molecular complexity index is 1080. The lowest BCUT2D eigenvalue weighted by Crippen LogP contribution is -2.45. The van der Waals surface area contributed by atoms with E-state index in [4.69, 9.17) is 10.5 Å². The topological polar surface area (TPSA) is 111 Å². The fourth-order valence-corrected chi connectivity index (χ4v) is 3.21. The summed E-state index contributed by atoms with van der Waals surface area (Å²) in [6.45, 7) is 1.83. The monoisotopic (exact) mass is 431 g/mol. The van der Waals surface area contributed by atoms with Crippen molar-refractivity contribution in [3.8, 4) is 0 Å². The second-order valence-corrected chi connectivity index (χ2v) is 7.33. The molecular formula is C25H25N3O4. The minimum absolute atomic E-state index is 0.0973. The van der Waals surface area contributed by atoms with E-state index in [1.165, 1.54) is 0 Å². The van der Waals surface area contributed by atoms with Crippen molar-refractivity contribution in [2.75, 3.05) is 5.32 Å². The highest BCUT2D eigenvalue weighted by Crippen LogP contribution is 2.16. The van der Waals surface area contributed by atoms with Crippen molar-refractivity contribution in [1.82, 2.24) is 5.32 Å². The number of primary amides is 1. The number of nitrogens with two attached hydrogens (primary N) is 1. The minimum atomic E-state index is -0.864. The summed E-state index contributed by atoms with van der Waals surface area (Å²) < 4.78 is 5.28. The van der Waals surface area contributed by atoms with Crippen LogP contribution in [0, 0.1) is 6.92 Å². The van der Waals surface area contributed by atoms with Crippen molar-refractivity contribution >= 4 is 23.6 Å². The van der Waals surface area contributed by atoms with Crippen LogP contribution in [-0.4, -0.2) is 23.9 Å². The van der Waals surface area contributed by atoms with Crippen molar-refractivity contribution in [2.24, 2.45) is 5.73 Å². The van der Waals surface area contributed by atoms with Crippen LogP contribution in [-0.2, 0) is 22.6 Å². The molecule has 0 unspecified atom stereocenters. The number of ether oxygens (including phenoxy) is 1. The second kappa shape index (κ2) is 10.8. The van der Waals surface area contributed by atoms with E-state index in [0.29, 0.717) is 16.8 Å². The van der Waals surface area contributed by atoms with Gasteiger partial charge < -0.3 is 21.1 Å². The molecule has 0 heterocycles. The maximum atomic E-state index is 13.0. The summed E-state index contributed by atoms with van der Waals surface area (Å²) >= 11 is 0. The Morgan fingerprint density at radius 1 is 0.906 bits per heavy atom. The highest BCUT2D eigenvalue weighted by Gasteiger charge is 2.22. The van der Waals surface area contributed by atoms with Crippen molar-refractivity contribution < 1.29 is 19.1 Å². The number of hydrogen-bond acceptors (Lipinski definition) is 4. The molecule has 0 bridgehead atoms. The molecule has 0 aliphatic carbocycles. The first-order valence-corrected chi connectivity index (χ1v) is 10.1. The van der Waals surface area contributed by atoms with Crippen LogP contribution in [0.4, 0.5) is 10.5 Å². The van der Waals surface area contributed by atoms with Gasteiger partial charge in [0.15, 0.2) is 0 Å². The third kappa shape index (κ3) is 6.43. The van der Waals surface area contributed by atoms with Crippen LogP contribution in [0.3, 0.4) is 0 Å². The van der Waals surface area contributed by atoms with Gasteiger partial charge in [0.05, 0.1) is 0 Å². The van der Waals surface area contributed by atoms with Crippen LogP contribution in [0.5, 0.6) is 0 Å². The molecule has 0 radical (unpaired) electrons. The fourth-order valence-electron chi connectivity index (χ4n) is 3.21. The summed E-state index contributed by atoms with van der Waals surface area (Å²) in [6, 6.07) is 22.6. The zero-order valence-corrected chi connectivity index (χ0v) is 17.7. The van der Waals surface area contributed by atoms with Crippen molar-refractivity contribution in [1.29, 1.82) is 0 Å². The van der Waals surface area contributed by atoms with Crippen LogP contribution >= 0.6 is 0 Å². The Hall–Kier alpha value is -4.13. The number of alkyl carbamates (subject to hydrolysis) is 1. The summed E-state index contributed by atoms with van der Waals surface area (Å²) in [7, 11) is 0. The van der Waals surface area contributed by atoms with Crippen LogP contribution in [0.1, 0.15) is 27.0 Å². The van der Waals surface area contributed by atoms with Gasteiger partial charge in [0, 0.05) is 17.7 Å². The lowest BCUT2D eigenvalue weighted by Gasteiger charge is -2.19. The summed E-state index contributed by atoms with van der Waals surface area (Å²) in [4.78, 5) is 36.8. The SMILES string of the molecule is Cc1cc(NC(=O)[C@H](Cc2ccccc2)NC(=O)OCc2ccccc2)ccc1C(N)=O. The molecule has 0 aliphatic heterocycles. The Morgan fingerprint density at radius 2 is 1.53 bits per heavy atom. The molecule has 7 heteroatoms. The average molecular weight is 431 g/mol. The number of carbonyl (C=O) groups excluding carboxylic acids is 3. The molecule has 32 heavy (non-hydrogen) atoms. The minimum Gasteiger partial charge on any atom is -0.445 e. The molecule has 3 aromatic rings. The van der Waals surface area contributed by atoms with Gasteiger partial charge in [0.1, 0.15) is 12.6 Å². The highest BCUT2D eigenvalue weighted by atomic mass is 16.5. The first kappa shape index (κ1) is 22.6. The molecule has 1 atom stereocenters. The number of benzene rings is 3. The van der Waals surface area contributed by atoms with E-state index in [2.05, 4.69) is 10.6 Å². The largest absolute Gasteiger partial charge is 0.445 e. The summed E-state index contributed by atoms with van der Waals surface area (Å²) in [5.41, 5.74) is 8.59. The van der Waals surface area contributed by atoms with Gasteiger partial charge in [-0.3, -0.25) is 9.59 Å². The second-order valence-electron chi connectivity index (χ2n) is 7.33. The van der Waals surface area contributed by atoms with E-state index in [9.17, 15) is 14.4 Å². The smallest absolute Gasteiger partial charge is 0.408 e. The van der Waals surface area contributed by atoms with Gasteiger partial charge in [-0.2, -0.15) is 0 Å². The number of nitrogens with one attached hydrogen (secondary N) is 2. The normalized spacial score (nSPS) is 11.3. The van der Waals surface area contributed by atoms with Gasteiger partial charge in [-0.05, 0) is 41.8 Å². The van der Waals surface area contributed by atoms with E-state index in [-0.39, 0.29) is 13.0 Å². The first-order chi connectivity index (χ1) is 15.4. The van der Waals surface area contributed by atoms with Gasteiger partial charge in [0.2, 0.25) is 11.8 Å². The third-order valence-corrected chi connectivity index (χ3v) is 4.86. The molecular weight excluding hydrogens is 406 g/mol. The predicted molar refractivity (Wildman–Crippen MR) is 122 cm³/mol. The van der Waals surface area contributed by atoms with Crippen molar-refractivity contribution in [3.63, 3.8) is 0 Å². The zero-order valence-electron chi connectivity index (χ0n) is 17.7. The molecule has 0 saturated heterocycles. The van der Waals surface area contributed by atoms with E-state index in [1.54, 1.807) is 25.1 Å². The highest BCUT2D eigenvalue weighted by molar-refractivity contribution is 5.98. The number of aryl methyl sites for hydroxylation is 1. The first-order valence-electron chi connectivity index (χ1n) is 10.1. The number of anilines is 1. The molecule has 0 fully saturated rings. The lowest BCUT2D eigenvalue weighted by molar-refractivity contribution is -0.118. The van der Waals surface area contributed by atoms with Gasteiger partial charge in [-0.25, -0.2) is 4.79 Å². The van der Waals surface area contributed by atoms with Crippen LogP contribution in [0.25, 0.3) is 0 Å². The standard InChI is InChI=1S/C25H25N3O4/c1-17-14-20(12-13-21(17)23(26)29)27-24(30)22(15-18-8-4-2-5-9-18)28-25(31)32-16-19-10-6-3-7-11-19/h2-14,22H,15-16H2,1H3,(H2,26,29)(H,27,30)(H,28,31)/t22-/m0/s1. The Kier molecular flexibility index (Phi) is 7.59. The Morgan fingerprint density at radius 3 is 2.12 bits per heavy atom. The molecule has 164 valence electrons. The van der Waals surface area contributed by atoms with Crippen molar-refractivity contribution in [2.45, 2.75) is 26.0 Å². The number of carbonyl (C=O) groups is 3. The lowest BCUT2D eigenvalue weighted by atomic mass is 10.0. The molecule has 7 nitrogen and oxygen atoms in total. The number of hydrogen-bond donors (Lipinski definition) is 3. The number of rotatable bonds is 8. The number of amides is 3. The molecule has 0 spiro atoms.